The van der Waals surface area contributed by atoms with Gasteiger partial charge >= 0.3 is 5.97 Å². The molecule has 1 heterocycles. The topological polar surface area (TPSA) is 92.8 Å². The van der Waals surface area contributed by atoms with Gasteiger partial charge in [-0.15, -0.1) is 0 Å². The lowest BCUT2D eigenvalue weighted by molar-refractivity contribution is -0.152. The zero-order valence-corrected chi connectivity index (χ0v) is 16.5. The number of rotatable bonds is 9. The van der Waals surface area contributed by atoms with Crippen LogP contribution in [0.15, 0.2) is 24.3 Å². The molecule has 7 nitrogen and oxygen atoms in total. The molecule has 0 aliphatic carbocycles. The van der Waals surface area contributed by atoms with Crippen molar-refractivity contribution in [2.75, 3.05) is 18.6 Å². The van der Waals surface area contributed by atoms with Crippen LogP contribution in [0.4, 0.5) is 0 Å². The summed E-state index contributed by atoms with van der Waals surface area (Å²) in [5.41, 5.74) is 0.554. The van der Waals surface area contributed by atoms with Gasteiger partial charge in [-0.3, -0.25) is 19.3 Å². The fourth-order valence-corrected chi connectivity index (χ4v) is 3.18. The molecule has 2 rings (SSSR count). The average Bonchev–Trinajstić information content (AvgIpc) is 2.92. The number of benzene rings is 1. The SMILES string of the molecule is CC[C@H](C)NC(=O)COC(=O)[C@@H](CCSC)N1C(=O)c2ccccc2C1=O. The Labute approximate surface area is 162 Å². The molecule has 0 fully saturated rings. The molecule has 1 N–H and O–H groups in total. The van der Waals surface area contributed by atoms with E-state index in [0.717, 1.165) is 11.3 Å². The maximum Gasteiger partial charge on any atom is 0.329 e. The first-order valence-electron chi connectivity index (χ1n) is 8.82. The zero-order chi connectivity index (χ0) is 20.0. The zero-order valence-electron chi connectivity index (χ0n) is 15.7. The Morgan fingerprint density at radius 1 is 1.19 bits per heavy atom. The number of fused-ring (bicyclic) bond motifs is 1. The largest absolute Gasteiger partial charge is 0.454 e. The summed E-state index contributed by atoms with van der Waals surface area (Å²) in [6.07, 6.45) is 2.88. The Morgan fingerprint density at radius 2 is 1.78 bits per heavy atom. The molecule has 3 amide bonds. The number of imide groups is 1. The molecule has 8 heteroatoms. The third kappa shape index (κ3) is 4.88. The lowest BCUT2D eigenvalue weighted by atomic mass is 10.1. The summed E-state index contributed by atoms with van der Waals surface area (Å²) in [5, 5.41) is 2.70. The van der Waals surface area contributed by atoms with Gasteiger partial charge in [0.1, 0.15) is 6.04 Å². The number of amides is 3. The highest BCUT2D eigenvalue weighted by Crippen LogP contribution is 2.26. The van der Waals surface area contributed by atoms with E-state index in [9.17, 15) is 19.2 Å². The molecule has 0 saturated heterocycles. The van der Waals surface area contributed by atoms with E-state index in [4.69, 9.17) is 4.74 Å². The number of thioether (sulfide) groups is 1. The Bertz CT molecular complexity index is 702. The van der Waals surface area contributed by atoms with E-state index in [1.807, 2.05) is 20.1 Å². The van der Waals surface area contributed by atoms with Crippen LogP contribution in [-0.4, -0.2) is 59.3 Å². The van der Waals surface area contributed by atoms with E-state index in [1.54, 1.807) is 24.3 Å². The van der Waals surface area contributed by atoms with Crippen LogP contribution < -0.4 is 5.32 Å². The lowest BCUT2D eigenvalue weighted by Gasteiger charge is -2.24. The predicted octanol–water partition coefficient (Wildman–Crippen LogP) is 1.86. The van der Waals surface area contributed by atoms with Crippen molar-refractivity contribution in [3.05, 3.63) is 35.4 Å². The second-order valence-electron chi connectivity index (χ2n) is 6.31. The van der Waals surface area contributed by atoms with Gasteiger partial charge in [-0.05, 0) is 43.9 Å². The molecule has 27 heavy (non-hydrogen) atoms. The number of ether oxygens (including phenoxy) is 1. The van der Waals surface area contributed by atoms with Crippen molar-refractivity contribution >= 4 is 35.5 Å². The van der Waals surface area contributed by atoms with Gasteiger partial charge < -0.3 is 10.1 Å². The molecule has 0 saturated carbocycles. The quantitative estimate of drug-likeness (QED) is 0.509. The minimum Gasteiger partial charge on any atom is -0.454 e. The van der Waals surface area contributed by atoms with Crippen LogP contribution in [0.2, 0.25) is 0 Å². The maximum atomic E-state index is 12.6. The number of nitrogens with one attached hydrogen (secondary N) is 1. The van der Waals surface area contributed by atoms with Crippen LogP contribution >= 0.6 is 11.8 Å². The minimum absolute atomic E-state index is 0.0280. The molecular weight excluding hydrogens is 368 g/mol. The van der Waals surface area contributed by atoms with Crippen LogP contribution in [0, 0.1) is 0 Å². The molecule has 1 aliphatic heterocycles. The Kier molecular flexibility index (Phi) is 7.41. The average molecular weight is 392 g/mol. The molecule has 2 atom stereocenters. The molecule has 1 aromatic rings. The number of esters is 1. The summed E-state index contributed by atoms with van der Waals surface area (Å²) in [6, 6.07) is 5.38. The second-order valence-corrected chi connectivity index (χ2v) is 7.29. The van der Waals surface area contributed by atoms with Gasteiger partial charge in [0.25, 0.3) is 17.7 Å². The molecular formula is C19H24N2O5S. The number of carbonyl (C=O) groups excluding carboxylic acids is 4. The van der Waals surface area contributed by atoms with E-state index >= 15 is 0 Å². The van der Waals surface area contributed by atoms with Crippen LogP contribution in [-0.2, 0) is 14.3 Å². The normalized spacial score (nSPS) is 15.3. The highest BCUT2D eigenvalue weighted by molar-refractivity contribution is 7.98. The summed E-state index contributed by atoms with van der Waals surface area (Å²) < 4.78 is 5.11. The number of carbonyl (C=O) groups is 4. The summed E-state index contributed by atoms with van der Waals surface area (Å²) in [7, 11) is 0. The van der Waals surface area contributed by atoms with Crippen molar-refractivity contribution in [3.8, 4) is 0 Å². The molecule has 0 spiro atoms. The van der Waals surface area contributed by atoms with E-state index < -0.39 is 36.3 Å². The first-order valence-corrected chi connectivity index (χ1v) is 10.2. The van der Waals surface area contributed by atoms with Gasteiger partial charge in [-0.2, -0.15) is 11.8 Å². The highest BCUT2D eigenvalue weighted by atomic mass is 32.2. The van der Waals surface area contributed by atoms with Crippen LogP contribution in [0.25, 0.3) is 0 Å². The van der Waals surface area contributed by atoms with Gasteiger partial charge in [-0.1, -0.05) is 19.1 Å². The van der Waals surface area contributed by atoms with E-state index in [1.165, 1.54) is 11.8 Å². The van der Waals surface area contributed by atoms with Crippen molar-refractivity contribution in [1.82, 2.24) is 10.2 Å². The standard InChI is InChI=1S/C19H24N2O5S/c1-4-12(2)20-16(22)11-26-19(25)15(9-10-27-3)21-17(23)13-7-5-6-8-14(13)18(21)24/h5-8,12,15H,4,9-11H2,1-3H3,(H,20,22)/t12-,15+/m0/s1. The predicted molar refractivity (Wildman–Crippen MR) is 103 cm³/mol. The Hall–Kier alpha value is -2.35. The fourth-order valence-electron chi connectivity index (χ4n) is 2.72. The van der Waals surface area contributed by atoms with Crippen molar-refractivity contribution in [3.63, 3.8) is 0 Å². The van der Waals surface area contributed by atoms with Gasteiger partial charge in [0.2, 0.25) is 0 Å². The molecule has 1 aliphatic rings. The molecule has 0 radical (unpaired) electrons. The van der Waals surface area contributed by atoms with E-state index in [-0.39, 0.29) is 23.6 Å². The van der Waals surface area contributed by atoms with Crippen molar-refractivity contribution < 1.29 is 23.9 Å². The number of hydrogen-bond acceptors (Lipinski definition) is 6. The van der Waals surface area contributed by atoms with Gasteiger partial charge in [-0.25, -0.2) is 4.79 Å². The molecule has 1 aromatic carbocycles. The smallest absolute Gasteiger partial charge is 0.329 e. The Balaban J connectivity index is 2.11. The molecule has 0 aromatic heterocycles. The van der Waals surface area contributed by atoms with Crippen molar-refractivity contribution in [2.24, 2.45) is 0 Å². The van der Waals surface area contributed by atoms with Crippen LogP contribution in [0.3, 0.4) is 0 Å². The van der Waals surface area contributed by atoms with Gasteiger partial charge in [0, 0.05) is 6.04 Å². The summed E-state index contributed by atoms with van der Waals surface area (Å²) in [6.45, 7) is 3.33. The second kappa shape index (κ2) is 9.55. The number of hydrogen-bond donors (Lipinski definition) is 1. The van der Waals surface area contributed by atoms with Crippen molar-refractivity contribution in [2.45, 2.75) is 38.8 Å². The van der Waals surface area contributed by atoms with Gasteiger partial charge in [0.15, 0.2) is 6.61 Å². The first-order chi connectivity index (χ1) is 12.9. The summed E-state index contributed by atoms with van der Waals surface area (Å²) in [4.78, 5) is 50.7. The molecule has 146 valence electrons. The van der Waals surface area contributed by atoms with Gasteiger partial charge in [0.05, 0.1) is 11.1 Å². The first kappa shape index (κ1) is 21.0. The highest BCUT2D eigenvalue weighted by Gasteiger charge is 2.43. The van der Waals surface area contributed by atoms with E-state index in [0.29, 0.717) is 5.75 Å². The van der Waals surface area contributed by atoms with Crippen LogP contribution in [0.1, 0.15) is 47.4 Å². The molecule has 0 unspecified atom stereocenters. The maximum absolute atomic E-state index is 12.6. The minimum atomic E-state index is -1.05. The van der Waals surface area contributed by atoms with Crippen molar-refractivity contribution in [1.29, 1.82) is 0 Å². The third-order valence-electron chi connectivity index (χ3n) is 4.37. The summed E-state index contributed by atoms with van der Waals surface area (Å²) in [5.74, 6) is -1.63. The molecule has 0 bridgehead atoms. The number of nitrogens with zero attached hydrogens (tertiary/aromatic N) is 1. The van der Waals surface area contributed by atoms with Crippen LogP contribution in [0.5, 0.6) is 0 Å². The monoisotopic (exact) mass is 392 g/mol. The third-order valence-corrected chi connectivity index (χ3v) is 5.01. The fraction of sp³-hybridized carbons (Fsp3) is 0.474. The summed E-state index contributed by atoms with van der Waals surface area (Å²) >= 11 is 1.49. The lowest BCUT2D eigenvalue weighted by Crippen LogP contribution is -2.47. The Morgan fingerprint density at radius 3 is 2.30 bits per heavy atom. The van der Waals surface area contributed by atoms with E-state index in [2.05, 4.69) is 5.32 Å².